The Morgan fingerprint density at radius 3 is 2.50 bits per heavy atom. The van der Waals surface area contributed by atoms with Gasteiger partial charge in [-0.15, -0.1) is 0 Å². The fraction of sp³-hybridized carbons (Fsp3) is 0.667. The highest BCUT2D eigenvalue weighted by Gasteiger charge is 2.20. The smallest absolute Gasteiger partial charge is 0.332 e. The molecule has 1 atom stereocenters. The number of nitrogens with zero attached hydrogens (tertiary/aromatic N) is 4. The summed E-state index contributed by atoms with van der Waals surface area (Å²) in [6.07, 6.45) is -0.706. The summed E-state index contributed by atoms with van der Waals surface area (Å²) >= 11 is 0. The second-order valence-corrected chi connectivity index (χ2v) is 6.17. The first-order valence-corrected chi connectivity index (χ1v) is 7.83. The lowest BCUT2D eigenvalue weighted by atomic mass is 10.3. The first-order valence-electron chi connectivity index (χ1n) is 7.83. The molecule has 9 heteroatoms. The van der Waals surface area contributed by atoms with Crippen LogP contribution in [0.2, 0.25) is 0 Å². The van der Waals surface area contributed by atoms with E-state index in [4.69, 9.17) is 4.74 Å². The van der Waals surface area contributed by atoms with E-state index < -0.39 is 17.4 Å². The van der Waals surface area contributed by atoms with E-state index in [0.717, 1.165) is 4.57 Å². The Labute approximate surface area is 139 Å². The number of imidazole rings is 1. The lowest BCUT2D eigenvalue weighted by Gasteiger charge is -2.16. The fourth-order valence-electron chi connectivity index (χ4n) is 2.57. The van der Waals surface area contributed by atoms with Crippen molar-refractivity contribution in [3.8, 4) is 0 Å². The Bertz CT molecular complexity index is 833. The van der Waals surface area contributed by atoms with Crippen molar-refractivity contribution in [2.45, 2.75) is 39.1 Å². The van der Waals surface area contributed by atoms with Gasteiger partial charge in [0.1, 0.15) is 12.4 Å². The second kappa shape index (κ2) is 7.29. The van der Waals surface area contributed by atoms with Crippen molar-refractivity contribution in [1.29, 1.82) is 0 Å². The molecule has 0 unspecified atom stereocenters. The Hall–Kier alpha value is -1.97. The van der Waals surface area contributed by atoms with Gasteiger partial charge in [0.25, 0.3) is 5.56 Å². The van der Waals surface area contributed by atoms with Gasteiger partial charge in [0, 0.05) is 33.8 Å². The molecule has 0 bridgehead atoms. The number of hydrogen-bond acceptors (Lipinski definition) is 6. The third kappa shape index (κ3) is 3.42. The normalized spacial score (nSPS) is 13.1. The van der Waals surface area contributed by atoms with Crippen LogP contribution in [-0.2, 0) is 32.0 Å². The fourth-order valence-corrected chi connectivity index (χ4v) is 2.57. The zero-order valence-corrected chi connectivity index (χ0v) is 14.7. The van der Waals surface area contributed by atoms with Crippen LogP contribution < -0.4 is 16.6 Å². The first kappa shape index (κ1) is 18.4. The van der Waals surface area contributed by atoms with Gasteiger partial charge >= 0.3 is 5.69 Å². The molecule has 0 spiro atoms. The van der Waals surface area contributed by atoms with E-state index in [0.29, 0.717) is 18.0 Å². The van der Waals surface area contributed by atoms with Crippen LogP contribution in [0.3, 0.4) is 0 Å². The molecular formula is C15H25N5O4. The summed E-state index contributed by atoms with van der Waals surface area (Å²) in [6, 6.07) is 0.242. The van der Waals surface area contributed by atoms with E-state index in [-0.39, 0.29) is 24.7 Å². The van der Waals surface area contributed by atoms with E-state index in [9.17, 15) is 14.7 Å². The molecule has 9 nitrogen and oxygen atoms in total. The molecule has 0 radical (unpaired) electrons. The summed E-state index contributed by atoms with van der Waals surface area (Å²) in [5, 5.41) is 13.4. The maximum atomic E-state index is 12.5. The minimum Gasteiger partial charge on any atom is -0.390 e. The lowest BCUT2D eigenvalue weighted by molar-refractivity contribution is 0.139. The molecule has 0 aromatic carbocycles. The molecule has 0 aliphatic carbocycles. The Kier molecular flexibility index (Phi) is 5.58. The van der Waals surface area contributed by atoms with Crippen LogP contribution in [-0.4, -0.2) is 49.6 Å². The molecule has 2 heterocycles. The molecule has 2 aromatic rings. The molecular weight excluding hydrogens is 314 g/mol. The van der Waals surface area contributed by atoms with Gasteiger partial charge in [-0.05, 0) is 0 Å². The quantitative estimate of drug-likeness (QED) is 0.666. The van der Waals surface area contributed by atoms with Crippen LogP contribution in [0.5, 0.6) is 0 Å². The van der Waals surface area contributed by atoms with Gasteiger partial charge in [-0.2, -0.15) is 0 Å². The summed E-state index contributed by atoms with van der Waals surface area (Å²) in [5.41, 5.74) is -0.301. The topological polar surface area (TPSA) is 103 Å². The van der Waals surface area contributed by atoms with Gasteiger partial charge in [-0.3, -0.25) is 13.9 Å². The number of aryl methyl sites for hydroxylation is 1. The monoisotopic (exact) mass is 339 g/mol. The Morgan fingerprint density at radius 1 is 1.25 bits per heavy atom. The predicted molar refractivity (Wildman–Crippen MR) is 90.1 cm³/mol. The summed E-state index contributed by atoms with van der Waals surface area (Å²) in [6.45, 7) is 4.72. The van der Waals surface area contributed by atoms with Crippen molar-refractivity contribution in [3.05, 3.63) is 26.7 Å². The van der Waals surface area contributed by atoms with Crippen LogP contribution >= 0.6 is 0 Å². The Balaban J connectivity index is 2.56. The Morgan fingerprint density at radius 2 is 1.92 bits per heavy atom. The molecule has 0 fully saturated rings. The molecule has 2 rings (SSSR count). The van der Waals surface area contributed by atoms with Crippen molar-refractivity contribution >= 4 is 11.2 Å². The summed E-state index contributed by atoms with van der Waals surface area (Å²) in [7, 11) is 4.51. The maximum absolute atomic E-state index is 12.5. The number of aromatic nitrogens is 4. The number of fused-ring (bicyclic) bond motifs is 1. The summed E-state index contributed by atoms with van der Waals surface area (Å²) in [5.74, 6) is 0.495. The van der Waals surface area contributed by atoms with Gasteiger partial charge in [0.2, 0.25) is 0 Å². The van der Waals surface area contributed by atoms with E-state index in [1.165, 1.54) is 18.7 Å². The van der Waals surface area contributed by atoms with Gasteiger partial charge in [0.15, 0.2) is 11.2 Å². The molecule has 24 heavy (non-hydrogen) atoms. The zero-order chi connectivity index (χ0) is 18.0. The number of aliphatic hydroxyl groups is 1. The number of hydrogen-bond donors (Lipinski definition) is 2. The highest BCUT2D eigenvalue weighted by Crippen LogP contribution is 2.13. The van der Waals surface area contributed by atoms with Crippen molar-refractivity contribution in [3.63, 3.8) is 0 Å². The standard InChI is InChI=1S/C15H25N5O4/c1-9(2)16-6-10(21)7-20-11(8-24-5)17-13-12(20)14(22)19(4)15(23)18(13)3/h9-10,16,21H,6-8H2,1-5H3/t10-/m0/s1. The largest absolute Gasteiger partial charge is 0.390 e. The van der Waals surface area contributed by atoms with Crippen molar-refractivity contribution in [1.82, 2.24) is 24.0 Å². The van der Waals surface area contributed by atoms with Crippen molar-refractivity contribution in [2.24, 2.45) is 14.1 Å². The minimum atomic E-state index is -0.706. The molecule has 0 amide bonds. The van der Waals surface area contributed by atoms with Crippen LogP contribution in [0.1, 0.15) is 19.7 Å². The number of nitrogens with one attached hydrogen (secondary N) is 1. The highest BCUT2D eigenvalue weighted by atomic mass is 16.5. The van der Waals surface area contributed by atoms with Crippen LogP contribution in [0.25, 0.3) is 11.2 Å². The van der Waals surface area contributed by atoms with Gasteiger partial charge < -0.3 is 19.7 Å². The predicted octanol–water partition coefficient (Wildman–Crippen LogP) is -1.06. The summed E-state index contributed by atoms with van der Waals surface area (Å²) < 4.78 is 9.14. The first-order chi connectivity index (χ1) is 11.3. The van der Waals surface area contributed by atoms with Crippen LogP contribution in [0, 0.1) is 0 Å². The molecule has 0 aliphatic rings. The van der Waals surface area contributed by atoms with E-state index in [1.54, 1.807) is 11.6 Å². The van der Waals surface area contributed by atoms with Gasteiger partial charge in [-0.1, -0.05) is 13.8 Å². The molecule has 2 aromatic heterocycles. The number of aliphatic hydroxyl groups excluding tert-OH is 1. The molecule has 0 aliphatic heterocycles. The average molecular weight is 339 g/mol. The third-order valence-electron chi connectivity index (χ3n) is 3.86. The van der Waals surface area contributed by atoms with Crippen LogP contribution in [0.4, 0.5) is 0 Å². The average Bonchev–Trinajstić information content (AvgIpc) is 2.88. The van der Waals surface area contributed by atoms with E-state index in [1.807, 2.05) is 13.8 Å². The molecule has 0 saturated heterocycles. The van der Waals surface area contributed by atoms with Gasteiger partial charge in [-0.25, -0.2) is 9.78 Å². The van der Waals surface area contributed by atoms with E-state index >= 15 is 0 Å². The number of rotatable bonds is 7. The summed E-state index contributed by atoms with van der Waals surface area (Å²) in [4.78, 5) is 29.0. The lowest BCUT2D eigenvalue weighted by Crippen LogP contribution is -2.38. The number of ether oxygens (including phenoxy) is 1. The highest BCUT2D eigenvalue weighted by molar-refractivity contribution is 5.71. The molecule has 0 saturated carbocycles. The second-order valence-electron chi connectivity index (χ2n) is 6.17. The minimum absolute atomic E-state index is 0.177. The van der Waals surface area contributed by atoms with Crippen molar-refractivity contribution < 1.29 is 9.84 Å². The van der Waals surface area contributed by atoms with Crippen molar-refractivity contribution in [2.75, 3.05) is 13.7 Å². The van der Waals surface area contributed by atoms with E-state index in [2.05, 4.69) is 10.3 Å². The SMILES string of the molecule is COCc1nc2c(c(=O)n(C)c(=O)n2C)n1C[C@@H](O)CNC(C)C. The zero-order valence-electron chi connectivity index (χ0n) is 14.7. The van der Waals surface area contributed by atoms with Crippen LogP contribution in [0.15, 0.2) is 9.59 Å². The van der Waals surface area contributed by atoms with Gasteiger partial charge in [0.05, 0.1) is 12.6 Å². The maximum Gasteiger partial charge on any atom is 0.332 e. The molecule has 2 N–H and O–H groups in total. The molecule has 134 valence electrons. The number of methoxy groups -OCH3 is 1. The third-order valence-corrected chi connectivity index (χ3v) is 3.86.